The van der Waals surface area contributed by atoms with Gasteiger partial charge in [0, 0.05) is 21.0 Å². The average Bonchev–Trinajstić information content (AvgIpc) is 2.78. The van der Waals surface area contributed by atoms with E-state index in [9.17, 15) is 4.79 Å². The Labute approximate surface area is 189 Å². The fourth-order valence-corrected chi connectivity index (χ4v) is 3.88. The molecule has 0 radical (unpaired) electrons. The zero-order chi connectivity index (χ0) is 21.8. The van der Waals surface area contributed by atoms with Gasteiger partial charge in [-0.3, -0.25) is 4.79 Å². The van der Waals surface area contributed by atoms with E-state index in [-0.39, 0.29) is 11.7 Å². The van der Waals surface area contributed by atoms with Gasteiger partial charge in [0.15, 0.2) is 11.6 Å². The first-order chi connectivity index (χ1) is 15.0. The van der Waals surface area contributed by atoms with Crippen molar-refractivity contribution in [2.75, 3.05) is 11.1 Å². The standard InChI is InChI=1S/C24H19ClN4OS/c1-15-7-9-17(10-8-15)23(30)27-20-21(26)28-22(16-5-3-2-4-6-16)29-24(20)31-19-13-11-18(25)12-14-19/h2-14H,1H3,(H,27,30)(H2,26,28,29). The molecular weight excluding hydrogens is 428 g/mol. The molecule has 1 heterocycles. The molecule has 5 nitrogen and oxygen atoms in total. The highest BCUT2D eigenvalue weighted by molar-refractivity contribution is 7.99. The number of aryl methyl sites for hydroxylation is 1. The Morgan fingerprint density at radius 2 is 1.61 bits per heavy atom. The Morgan fingerprint density at radius 1 is 0.935 bits per heavy atom. The van der Waals surface area contributed by atoms with Crippen molar-refractivity contribution in [2.45, 2.75) is 16.8 Å². The fourth-order valence-electron chi connectivity index (χ4n) is 2.87. The van der Waals surface area contributed by atoms with Crippen molar-refractivity contribution in [3.63, 3.8) is 0 Å². The lowest BCUT2D eigenvalue weighted by Crippen LogP contribution is -2.15. The number of aromatic nitrogens is 2. The van der Waals surface area contributed by atoms with Gasteiger partial charge in [-0.25, -0.2) is 9.97 Å². The molecule has 0 fully saturated rings. The molecule has 154 valence electrons. The van der Waals surface area contributed by atoms with Gasteiger partial charge in [0.25, 0.3) is 5.91 Å². The van der Waals surface area contributed by atoms with Gasteiger partial charge in [0.05, 0.1) is 0 Å². The maximum atomic E-state index is 12.8. The highest BCUT2D eigenvalue weighted by atomic mass is 35.5. The molecule has 0 unspecified atom stereocenters. The first kappa shape index (κ1) is 20.9. The van der Waals surface area contributed by atoms with Crippen molar-refractivity contribution >= 4 is 40.8 Å². The lowest BCUT2D eigenvalue weighted by atomic mass is 10.1. The second-order valence-electron chi connectivity index (χ2n) is 6.85. The normalized spacial score (nSPS) is 10.6. The number of halogens is 1. The number of benzene rings is 3. The molecule has 4 rings (SSSR count). The molecule has 3 aromatic carbocycles. The highest BCUT2D eigenvalue weighted by Crippen LogP contribution is 2.37. The predicted molar refractivity (Wildman–Crippen MR) is 127 cm³/mol. The molecule has 31 heavy (non-hydrogen) atoms. The van der Waals surface area contributed by atoms with Crippen LogP contribution in [0.15, 0.2) is 88.8 Å². The van der Waals surface area contributed by atoms with Gasteiger partial charge in [0.2, 0.25) is 0 Å². The SMILES string of the molecule is Cc1ccc(C(=O)Nc2c(N)nc(-c3ccccc3)nc2Sc2ccc(Cl)cc2)cc1. The Balaban J connectivity index is 1.74. The van der Waals surface area contributed by atoms with Gasteiger partial charge in [-0.1, -0.05) is 71.4 Å². The van der Waals surface area contributed by atoms with E-state index in [1.165, 1.54) is 11.8 Å². The summed E-state index contributed by atoms with van der Waals surface area (Å²) in [7, 11) is 0. The van der Waals surface area contributed by atoms with E-state index in [0.29, 0.717) is 27.1 Å². The number of rotatable bonds is 5. The van der Waals surface area contributed by atoms with Crippen molar-refractivity contribution in [1.82, 2.24) is 9.97 Å². The molecule has 4 aromatic rings. The third-order valence-corrected chi connectivity index (χ3v) is 5.76. The Kier molecular flexibility index (Phi) is 6.21. The lowest BCUT2D eigenvalue weighted by Gasteiger charge is -2.14. The second-order valence-corrected chi connectivity index (χ2v) is 8.35. The van der Waals surface area contributed by atoms with Crippen molar-refractivity contribution in [1.29, 1.82) is 0 Å². The smallest absolute Gasteiger partial charge is 0.255 e. The largest absolute Gasteiger partial charge is 0.382 e. The van der Waals surface area contributed by atoms with Gasteiger partial charge in [-0.05, 0) is 43.3 Å². The minimum absolute atomic E-state index is 0.200. The van der Waals surface area contributed by atoms with Gasteiger partial charge >= 0.3 is 0 Å². The van der Waals surface area contributed by atoms with E-state index in [1.54, 1.807) is 24.3 Å². The van der Waals surface area contributed by atoms with Gasteiger partial charge < -0.3 is 11.1 Å². The molecule has 0 saturated carbocycles. The monoisotopic (exact) mass is 446 g/mol. The summed E-state index contributed by atoms with van der Waals surface area (Å²) in [4.78, 5) is 22.9. The lowest BCUT2D eigenvalue weighted by molar-refractivity contribution is 0.102. The topological polar surface area (TPSA) is 80.9 Å². The summed E-state index contributed by atoms with van der Waals surface area (Å²) in [6.45, 7) is 1.97. The maximum Gasteiger partial charge on any atom is 0.255 e. The van der Waals surface area contributed by atoms with Crippen LogP contribution in [0.1, 0.15) is 15.9 Å². The minimum Gasteiger partial charge on any atom is -0.382 e. The summed E-state index contributed by atoms with van der Waals surface area (Å²) in [5.41, 5.74) is 9.11. The van der Waals surface area contributed by atoms with E-state index in [4.69, 9.17) is 22.3 Å². The number of nitrogen functional groups attached to an aromatic ring is 1. The third-order valence-electron chi connectivity index (χ3n) is 4.52. The molecule has 3 N–H and O–H groups in total. The van der Waals surface area contributed by atoms with Crippen molar-refractivity contribution in [3.05, 3.63) is 95.0 Å². The molecule has 7 heteroatoms. The number of carbonyl (C=O) groups is 1. The molecule has 0 spiro atoms. The zero-order valence-corrected chi connectivity index (χ0v) is 18.2. The highest BCUT2D eigenvalue weighted by Gasteiger charge is 2.18. The quantitative estimate of drug-likeness (QED) is 0.362. The van der Waals surface area contributed by atoms with Crippen LogP contribution in [-0.4, -0.2) is 15.9 Å². The number of amides is 1. The summed E-state index contributed by atoms with van der Waals surface area (Å²) in [6.07, 6.45) is 0. The van der Waals surface area contributed by atoms with Gasteiger partial charge in [-0.15, -0.1) is 0 Å². The molecule has 0 aliphatic heterocycles. The summed E-state index contributed by atoms with van der Waals surface area (Å²) in [6, 6.07) is 24.3. The zero-order valence-electron chi connectivity index (χ0n) is 16.7. The molecule has 0 aliphatic carbocycles. The average molecular weight is 447 g/mol. The summed E-state index contributed by atoms with van der Waals surface area (Å²) in [5, 5.41) is 4.08. The Hall–Kier alpha value is -3.35. The minimum atomic E-state index is -0.277. The third kappa shape index (κ3) is 5.05. The Bertz CT molecular complexity index is 1210. The van der Waals surface area contributed by atoms with Gasteiger partial charge in [-0.2, -0.15) is 0 Å². The number of hydrogen-bond acceptors (Lipinski definition) is 5. The first-order valence-electron chi connectivity index (χ1n) is 9.54. The number of carbonyl (C=O) groups excluding carboxylic acids is 1. The number of nitrogens with two attached hydrogens (primary N) is 1. The predicted octanol–water partition coefficient (Wildman–Crippen LogP) is 6.09. The van der Waals surface area contributed by atoms with E-state index in [1.807, 2.05) is 61.5 Å². The van der Waals surface area contributed by atoms with Crippen LogP contribution in [0.2, 0.25) is 5.02 Å². The van der Waals surface area contributed by atoms with Crippen LogP contribution >= 0.6 is 23.4 Å². The van der Waals surface area contributed by atoms with E-state index >= 15 is 0 Å². The second kappa shape index (κ2) is 9.20. The summed E-state index contributed by atoms with van der Waals surface area (Å²) < 4.78 is 0. The number of hydrogen-bond donors (Lipinski definition) is 2. The van der Waals surface area contributed by atoms with E-state index in [2.05, 4.69) is 10.3 Å². The van der Waals surface area contributed by atoms with Crippen LogP contribution in [0.25, 0.3) is 11.4 Å². The molecule has 0 bridgehead atoms. The number of anilines is 2. The maximum absolute atomic E-state index is 12.8. The molecule has 1 aromatic heterocycles. The first-order valence-corrected chi connectivity index (χ1v) is 10.7. The van der Waals surface area contributed by atoms with Crippen LogP contribution in [-0.2, 0) is 0 Å². The molecule has 0 atom stereocenters. The van der Waals surface area contributed by atoms with Crippen LogP contribution < -0.4 is 11.1 Å². The van der Waals surface area contributed by atoms with Crippen molar-refractivity contribution in [2.24, 2.45) is 0 Å². The van der Waals surface area contributed by atoms with E-state index in [0.717, 1.165) is 16.0 Å². The molecule has 0 saturated heterocycles. The van der Waals surface area contributed by atoms with Crippen LogP contribution in [0, 0.1) is 6.92 Å². The van der Waals surface area contributed by atoms with Crippen molar-refractivity contribution in [3.8, 4) is 11.4 Å². The van der Waals surface area contributed by atoms with Crippen LogP contribution in [0.4, 0.5) is 11.5 Å². The fraction of sp³-hybridized carbons (Fsp3) is 0.0417. The number of nitrogens with one attached hydrogen (secondary N) is 1. The van der Waals surface area contributed by atoms with Crippen LogP contribution in [0.5, 0.6) is 0 Å². The summed E-state index contributed by atoms with van der Waals surface area (Å²) >= 11 is 7.39. The molecule has 0 aliphatic rings. The number of nitrogens with zero attached hydrogens (tertiary/aromatic N) is 2. The Morgan fingerprint density at radius 3 is 2.29 bits per heavy atom. The van der Waals surface area contributed by atoms with E-state index < -0.39 is 0 Å². The van der Waals surface area contributed by atoms with Gasteiger partial charge in [0.1, 0.15) is 10.7 Å². The molecular formula is C24H19ClN4OS. The van der Waals surface area contributed by atoms with Crippen LogP contribution in [0.3, 0.4) is 0 Å². The molecule has 1 amide bonds. The van der Waals surface area contributed by atoms with Crippen molar-refractivity contribution < 1.29 is 4.79 Å². The summed E-state index contributed by atoms with van der Waals surface area (Å²) in [5.74, 6) is 0.411.